The fourth-order valence-electron chi connectivity index (χ4n) is 1.88. The summed E-state index contributed by atoms with van der Waals surface area (Å²) in [6.07, 6.45) is 0.980. The van der Waals surface area contributed by atoms with Crippen LogP contribution in [0, 0.1) is 5.41 Å². The fraction of sp³-hybridized carbons (Fsp3) is 0.462. The number of ether oxygens (including phenoxy) is 1. The van der Waals surface area contributed by atoms with Gasteiger partial charge in [-0.15, -0.1) is 0 Å². The molecule has 0 spiro atoms. The number of hydrogen-bond acceptors (Lipinski definition) is 2. The maximum absolute atomic E-state index is 11.4. The molecule has 80 valence electrons. The maximum atomic E-state index is 11.4. The Morgan fingerprint density at radius 2 is 2.07 bits per heavy atom. The Morgan fingerprint density at radius 1 is 1.33 bits per heavy atom. The van der Waals surface area contributed by atoms with Crippen molar-refractivity contribution < 1.29 is 9.53 Å². The Bertz CT molecular complexity index is 399. The van der Waals surface area contributed by atoms with Crippen LogP contribution in [0.3, 0.4) is 0 Å². The van der Waals surface area contributed by atoms with Crippen LogP contribution in [0.15, 0.2) is 18.2 Å². The summed E-state index contributed by atoms with van der Waals surface area (Å²) < 4.78 is 4.97. The van der Waals surface area contributed by atoms with E-state index in [0.29, 0.717) is 6.61 Å². The van der Waals surface area contributed by atoms with Crippen molar-refractivity contribution in [1.82, 2.24) is 0 Å². The Labute approximate surface area is 90.3 Å². The Balaban J connectivity index is 2.30. The molecule has 15 heavy (non-hydrogen) atoms. The first-order valence-electron chi connectivity index (χ1n) is 5.25. The minimum atomic E-state index is -0.180. The lowest BCUT2D eigenvalue weighted by Crippen LogP contribution is -2.09. The van der Waals surface area contributed by atoms with Crippen molar-refractivity contribution in [1.29, 1.82) is 0 Å². The van der Waals surface area contributed by atoms with Gasteiger partial charge in [0, 0.05) is 5.56 Å². The van der Waals surface area contributed by atoms with Crippen LogP contribution in [0.1, 0.15) is 42.3 Å². The largest absolute Gasteiger partial charge is 0.457 e. The second kappa shape index (κ2) is 3.37. The predicted molar refractivity (Wildman–Crippen MR) is 58.7 cm³/mol. The summed E-state index contributed by atoms with van der Waals surface area (Å²) in [6, 6.07) is 6.06. The normalized spacial score (nSPS) is 15.0. The van der Waals surface area contributed by atoms with E-state index in [-0.39, 0.29) is 11.4 Å². The SMILES string of the molecule is CC(C)(C)Cc1ccc2c(c1)C(=O)OC2. The van der Waals surface area contributed by atoms with E-state index in [1.165, 1.54) is 5.56 Å². The molecule has 0 radical (unpaired) electrons. The lowest BCUT2D eigenvalue weighted by Gasteiger charge is -2.18. The summed E-state index contributed by atoms with van der Waals surface area (Å²) in [4.78, 5) is 11.4. The van der Waals surface area contributed by atoms with Crippen LogP contribution < -0.4 is 0 Å². The van der Waals surface area contributed by atoms with Crippen LogP contribution in [0.25, 0.3) is 0 Å². The molecular formula is C13H16O2. The van der Waals surface area contributed by atoms with Crippen molar-refractivity contribution in [3.63, 3.8) is 0 Å². The molecule has 0 atom stereocenters. The third-order valence-corrected chi connectivity index (χ3v) is 2.49. The van der Waals surface area contributed by atoms with Crippen LogP contribution in [0.5, 0.6) is 0 Å². The second-order valence-electron chi connectivity index (χ2n) is 5.31. The van der Waals surface area contributed by atoms with E-state index in [9.17, 15) is 4.79 Å². The summed E-state index contributed by atoms with van der Waals surface area (Å²) in [6.45, 7) is 7.01. The predicted octanol–water partition coefficient (Wildman–Crippen LogP) is 2.95. The summed E-state index contributed by atoms with van der Waals surface area (Å²) >= 11 is 0. The van der Waals surface area contributed by atoms with E-state index in [1.807, 2.05) is 12.1 Å². The van der Waals surface area contributed by atoms with Crippen LogP contribution in [-0.4, -0.2) is 5.97 Å². The van der Waals surface area contributed by atoms with Gasteiger partial charge in [-0.25, -0.2) is 4.79 Å². The van der Waals surface area contributed by atoms with Gasteiger partial charge in [-0.3, -0.25) is 0 Å². The zero-order valence-corrected chi connectivity index (χ0v) is 9.46. The molecule has 2 nitrogen and oxygen atoms in total. The Hall–Kier alpha value is -1.31. The second-order valence-corrected chi connectivity index (χ2v) is 5.31. The minimum absolute atomic E-state index is 0.180. The van der Waals surface area contributed by atoms with Gasteiger partial charge in [0.05, 0.1) is 5.56 Å². The number of rotatable bonds is 1. The zero-order valence-electron chi connectivity index (χ0n) is 9.46. The molecule has 1 aromatic rings. The van der Waals surface area contributed by atoms with Crippen molar-refractivity contribution >= 4 is 5.97 Å². The number of fused-ring (bicyclic) bond motifs is 1. The summed E-state index contributed by atoms with van der Waals surface area (Å²) in [5.41, 5.74) is 3.21. The number of cyclic esters (lactones) is 1. The molecule has 0 aliphatic carbocycles. The number of benzene rings is 1. The minimum Gasteiger partial charge on any atom is -0.457 e. The number of carbonyl (C=O) groups is 1. The van der Waals surface area contributed by atoms with Crippen molar-refractivity contribution in [2.45, 2.75) is 33.8 Å². The Kier molecular flexibility index (Phi) is 2.29. The molecule has 1 aromatic carbocycles. The molecule has 1 heterocycles. The van der Waals surface area contributed by atoms with Crippen molar-refractivity contribution in [2.75, 3.05) is 0 Å². The highest BCUT2D eigenvalue weighted by atomic mass is 16.5. The first-order chi connectivity index (χ1) is 6.96. The van der Waals surface area contributed by atoms with Gasteiger partial charge in [0.2, 0.25) is 0 Å². The van der Waals surface area contributed by atoms with Crippen molar-refractivity contribution in [2.24, 2.45) is 5.41 Å². The average Bonchev–Trinajstić information content (AvgIpc) is 2.45. The molecule has 0 saturated heterocycles. The molecule has 1 aliphatic heterocycles. The molecule has 0 saturated carbocycles. The van der Waals surface area contributed by atoms with E-state index in [2.05, 4.69) is 26.8 Å². The first kappa shape index (κ1) is 10.2. The lowest BCUT2D eigenvalue weighted by molar-refractivity contribution is 0.0535. The Morgan fingerprint density at radius 3 is 2.73 bits per heavy atom. The monoisotopic (exact) mass is 204 g/mol. The lowest BCUT2D eigenvalue weighted by atomic mass is 9.87. The van der Waals surface area contributed by atoms with Gasteiger partial charge in [0.1, 0.15) is 6.61 Å². The molecule has 0 N–H and O–H groups in total. The van der Waals surface area contributed by atoms with Crippen molar-refractivity contribution in [3.05, 3.63) is 34.9 Å². The van der Waals surface area contributed by atoms with Gasteiger partial charge in [0.25, 0.3) is 0 Å². The highest BCUT2D eigenvalue weighted by Crippen LogP contribution is 2.25. The van der Waals surface area contributed by atoms with Crippen molar-refractivity contribution in [3.8, 4) is 0 Å². The molecule has 2 heteroatoms. The quantitative estimate of drug-likeness (QED) is 0.657. The van der Waals surface area contributed by atoms with Crippen LogP contribution in [0.2, 0.25) is 0 Å². The highest BCUT2D eigenvalue weighted by Gasteiger charge is 2.22. The first-order valence-corrected chi connectivity index (χ1v) is 5.25. The molecule has 0 aromatic heterocycles. The standard InChI is InChI=1S/C13H16O2/c1-13(2,3)7-9-4-5-10-8-15-12(14)11(10)6-9/h4-6H,7-8H2,1-3H3. The molecule has 0 bridgehead atoms. The van der Waals surface area contributed by atoms with Gasteiger partial charge in [-0.2, -0.15) is 0 Å². The van der Waals surface area contributed by atoms with Crippen LogP contribution in [0.4, 0.5) is 0 Å². The maximum Gasteiger partial charge on any atom is 0.338 e. The van der Waals surface area contributed by atoms with E-state index in [0.717, 1.165) is 17.5 Å². The van der Waals surface area contributed by atoms with E-state index >= 15 is 0 Å². The summed E-state index contributed by atoms with van der Waals surface area (Å²) in [7, 11) is 0. The average molecular weight is 204 g/mol. The van der Waals surface area contributed by atoms with Gasteiger partial charge in [0.15, 0.2) is 0 Å². The topological polar surface area (TPSA) is 26.3 Å². The number of hydrogen-bond donors (Lipinski definition) is 0. The number of carbonyl (C=O) groups excluding carboxylic acids is 1. The highest BCUT2D eigenvalue weighted by molar-refractivity contribution is 5.93. The van der Waals surface area contributed by atoms with Gasteiger partial charge >= 0.3 is 5.97 Å². The van der Waals surface area contributed by atoms with Crippen LogP contribution >= 0.6 is 0 Å². The zero-order chi connectivity index (χ0) is 11.1. The fourth-order valence-corrected chi connectivity index (χ4v) is 1.88. The van der Waals surface area contributed by atoms with E-state index in [4.69, 9.17) is 4.74 Å². The van der Waals surface area contributed by atoms with E-state index in [1.54, 1.807) is 0 Å². The smallest absolute Gasteiger partial charge is 0.338 e. The van der Waals surface area contributed by atoms with Gasteiger partial charge in [-0.1, -0.05) is 32.9 Å². The molecule has 0 unspecified atom stereocenters. The molecular weight excluding hydrogens is 188 g/mol. The molecule has 2 rings (SSSR count). The van der Waals surface area contributed by atoms with E-state index < -0.39 is 0 Å². The third-order valence-electron chi connectivity index (χ3n) is 2.49. The van der Waals surface area contributed by atoms with Gasteiger partial charge < -0.3 is 4.74 Å². The summed E-state index contributed by atoms with van der Waals surface area (Å²) in [5.74, 6) is -0.180. The van der Waals surface area contributed by atoms with Crippen LogP contribution in [-0.2, 0) is 17.8 Å². The molecule has 0 fully saturated rings. The van der Waals surface area contributed by atoms with Gasteiger partial charge in [-0.05, 0) is 23.5 Å². The summed E-state index contributed by atoms with van der Waals surface area (Å²) in [5, 5.41) is 0. The third kappa shape index (κ3) is 2.20. The molecule has 0 amide bonds. The number of esters is 1. The molecule has 1 aliphatic rings.